The Morgan fingerprint density at radius 2 is 1.88 bits per heavy atom. The molecular formula is C27H31Cl2NO3. The van der Waals surface area contributed by atoms with Crippen molar-refractivity contribution in [2.75, 3.05) is 26.2 Å². The summed E-state index contributed by atoms with van der Waals surface area (Å²) >= 11 is 13.1. The second-order valence-corrected chi connectivity index (χ2v) is 10.0. The molecule has 6 heteroatoms. The Bertz CT molecular complexity index is 1020. The minimum Gasteiger partial charge on any atom is -0.492 e. The number of carbonyl (C=O) groups is 1. The summed E-state index contributed by atoms with van der Waals surface area (Å²) in [7, 11) is 0. The SMILES string of the molecule is CCCCc1cc(Cl)c(C=Cc2ccc3c(c2)OCC32CCN(CCC(=O)O)CC2)c(Cl)c1. The van der Waals surface area contributed by atoms with Crippen LogP contribution in [-0.4, -0.2) is 42.2 Å². The molecule has 0 aliphatic carbocycles. The number of rotatable bonds is 8. The average molecular weight is 488 g/mol. The molecule has 4 rings (SSSR count). The second-order valence-electron chi connectivity index (χ2n) is 9.22. The molecule has 0 amide bonds. The molecule has 0 unspecified atom stereocenters. The maximum absolute atomic E-state index is 10.9. The number of hydrogen-bond donors (Lipinski definition) is 1. The summed E-state index contributed by atoms with van der Waals surface area (Å²) < 4.78 is 6.12. The molecule has 0 aromatic heterocycles. The summed E-state index contributed by atoms with van der Waals surface area (Å²) in [5.74, 6) is 0.212. The Balaban J connectivity index is 1.45. The average Bonchev–Trinajstić information content (AvgIpc) is 3.14. The Kier molecular flexibility index (Phi) is 7.68. The van der Waals surface area contributed by atoms with Crippen molar-refractivity contribution < 1.29 is 14.6 Å². The van der Waals surface area contributed by atoms with E-state index in [4.69, 9.17) is 33.0 Å². The van der Waals surface area contributed by atoms with E-state index in [9.17, 15) is 4.79 Å². The molecule has 2 aliphatic heterocycles. The van der Waals surface area contributed by atoms with Crippen molar-refractivity contribution in [3.8, 4) is 5.75 Å². The number of carboxylic acids is 1. The first-order valence-electron chi connectivity index (χ1n) is 11.8. The number of fused-ring (bicyclic) bond motifs is 2. The van der Waals surface area contributed by atoms with Crippen LogP contribution in [0.1, 0.15) is 61.3 Å². The highest BCUT2D eigenvalue weighted by Gasteiger charge is 2.42. The fraction of sp³-hybridized carbons (Fsp3) is 0.444. The quantitative estimate of drug-likeness (QED) is 0.420. The summed E-state index contributed by atoms with van der Waals surface area (Å²) in [6.45, 7) is 5.30. The fourth-order valence-corrected chi connectivity index (χ4v) is 5.52. The van der Waals surface area contributed by atoms with E-state index in [2.05, 4.69) is 30.0 Å². The molecule has 2 aliphatic rings. The lowest BCUT2D eigenvalue weighted by Crippen LogP contribution is -2.44. The van der Waals surface area contributed by atoms with Gasteiger partial charge in [-0.25, -0.2) is 0 Å². The predicted octanol–water partition coefficient (Wildman–Crippen LogP) is 6.71. The number of carboxylic acid groups (broad SMARTS) is 1. The topological polar surface area (TPSA) is 49.8 Å². The van der Waals surface area contributed by atoms with Crippen molar-refractivity contribution in [2.24, 2.45) is 0 Å². The van der Waals surface area contributed by atoms with Crippen LogP contribution in [0.25, 0.3) is 12.2 Å². The molecule has 1 spiro atoms. The van der Waals surface area contributed by atoms with Crippen LogP contribution in [0.2, 0.25) is 10.0 Å². The summed E-state index contributed by atoms with van der Waals surface area (Å²) in [5.41, 5.74) is 4.37. The number of aryl methyl sites for hydroxylation is 1. The third kappa shape index (κ3) is 5.56. The number of aliphatic carboxylic acids is 1. The number of ether oxygens (including phenoxy) is 1. The van der Waals surface area contributed by atoms with Gasteiger partial charge in [-0.05, 0) is 68.1 Å². The molecule has 1 saturated heterocycles. The summed E-state index contributed by atoms with van der Waals surface area (Å²) in [4.78, 5) is 13.1. The molecular weight excluding hydrogens is 457 g/mol. The Labute approximate surface area is 206 Å². The van der Waals surface area contributed by atoms with Crippen LogP contribution < -0.4 is 4.74 Å². The van der Waals surface area contributed by atoms with Gasteiger partial charge in [0, 0.05) is 33.1 Å². The second kappa shape index (κ2) is 10.5. The van der Waals surface area contributed by atoms with Gasteiger partial charge in [0.25, 0.3) is 0 Å². The van der Waals surface area contributed by atoms with E-state index in [1.807, 2.05) is 24.3 Å². The third-order valence-electron chi connectivity index (χ3n) is 6.94. The van der Waals surface area contributed by atoms with Gasteiger partial charge in [0.15, 0.2) is 0 Å². The molecule has 1 fully saturated rings. The predicted molar refractivity (Wildman–Crippen MR) is 136 cm³/mol. The van der Waals surface area contributed by atoms with Gasteiger partial charge in [0.05, 0.1) is 13.0 Å². The minimum absolute atomic E-state index is 0.0399. The van der Waals surface area contributed by atoms with Gasteiger partial charge in [-0.15, -0.1) is 0 Å². The van der Waals surface area contributed by atoms with Gasteiger partial charge in [-0.3, -0.25) is 4.79 Å². The molecule has 0 saturated carbocycles. The largest absolute Gasteiger partial charge is 0.492 e. The van der Waals surface area contributed by atoms with E-state index in [1.165, 1.54) is 11.1 Å². The molecule has 33 heavy (non-hydrogen) atoms. The lowest BCUT2D eigenvalue weighted by molar-refractivity contribution is -0.137. The number of benzene rings is 2. The van der Waals surface area contributed by atoms with Crippen LogP contribution >= 0.6 is 23.2 Å². The first-order valence-corrected chi connectivity index (χ1v) is 12.5. The highest BCUT2D eigenvalue weighted by Crippen LogP contribution is 2.46. The monoisotopic (exact) mass is 487 g/mol. The van der Waals surface area contributed by atoms with E-state index < -0.39 is 5.97 Å². The molecule has 176 valence electrons. The first kappa shape index (κ1) is 24.1. The molecule has 2 aromatic rings. The van der Waals surface area contributed by atoms with Gasteiger partial charge >= 0.3 is 5.97 Å². The van der Waals surface area contributed by atoms with Crippen LogP contribution in [-0.2, 0) is 16.6 Å². The fourth-order valence-electron chi connectivity index (χ4n) is 4.87. The van der Waals surface area contributed by atoms with E-state index in [0.717, 1.165) is 62.1 Å². The number of halogens is 2. The van der Waals surface area contributed by atoms with Crippen LogP contribution in [0.3, 0.4) is 0 Å². The van der Waals surface area contributed by atoms with E-state index in [1.54, 1.807) is 0 Å². The number of nitrogens with zero attached hydrogens (tertiary/aromatic N) is 1. The van der Waals surface area contributed by atoms with Crippen molar-refractivity contribution in [1.82, 2.24) is 4.90 Å². The zero-order chi connectivity index (χ0) is 23.4. The van der Waals surface area contributed by atoms with Crippen molar-refractivity contribution in [1.29, 1.82) is 0 Å². The molecule has 2 aromatic carbocycles. The molecule has 0 radical (unpaired) electrons. The number of likely N-dealkylation sites (tertiary alicyclic amines) is 1. The summed E-state index contributed by atoms with van der Waals surface area (Å²) in [5, 5.41) is 10.3. The van der Waals surface area contributed by atoms with Gasteiger partial charge in [0.1, 0.15) is 5.75 Å². The zero-order valence-electron chi connectivity index (χ0n) is 19.1. The van der Waals surface area contributed by atoms with E-state index in [-0.39, 0.29) is 11.8 Å². The van der Waals surface area contributed by atoms with E-state index in [0.29, 0.717) is 23.2 Å². The Morgan fingerprint density at radius 1 is 1.15 bits per heavy atom. The molecule has 0 bridgehead atoms. The van der Waals surface area contributed by atoms with Crippen LogP contribution in [0, 0.1) is 0 Å². The normalized spacial score (nSPS) is 17.4. The number of unbranched alkanes of at least 4 members (excludes halogenated alkanes) is 1. The summed E-state index contributed by atoms with van der Waals surface area (Å²) in [6.07, 6.45) is 9.44. The minimum atomic E-state index is -0.736. The van der Waals surface area contributed by atoms with Gasteiger partial charge in [-0.1, -0.05) is 60.8 Å². The lowest BCUT2D eigenvalue weighted by atomic mass is 9.74. The molecule has 4 nitrogen and oxygen atoms in total. The van der Waals surface area contributed by atoms with E-state index >= 15 is 0 Å². The van der Waals surface area contributed by atoms with Crippen LogP contribution in [0.5, 0.6) is 5.75 Å². The zero-order valence-corrected chi connectivity index (χ0v) is 20.6. The Morgan fingerprint density at radius 3 is 2.55 bits per heavy atom. The van der Waals surface area contributed by atoms with Crippen LogP contribution in [0.4, 0.5) is 0 Å². The molecule has 2 heterocycles. The number of piperidine rings is 1. The van der Waals surface area contributed by atoms with Crippen molar-refractivity contribution in [2.45, 2.75) is 50.9 Å². The van der Waals surface area contributed by atoms with Gasteiger partial charge < -0.3 is 14.7 Å². The smallest absolute Gasteiger partial charge is 0.304 e. The molecule has 0 atom stereocenters. The highest BCUT2D eigenvalue weighted by atomic mass is 35.5. The van der Waals surface area contributed by atoms with Gasteiger partial charge in [-0.2, -0.15) is 0 Å². The lowest BCUT2D eigenvalue weighted by Gasteiger charge is -2.38. The third-order valence-corrected chi connectivity index (χ3v) is 7.56. The van der Waals surface area contributed by atoms with Crippen molar-refractivity contribution in [3.05, 3.63) is 62.6 Å². The first-order chi connectivity index (χ1) is 15.9. The maximum atomic E-state index is 10.9. The maximum Gasteiger partial charge on any atom is 0.304 e. The molecule has 1 N–H and O–H groups in total. The highest BCUT2D eigenvalue weighted by molar-refractivity contribution is 6.37. The van der Waals surface area contributed by atoms with Crippen LogP contribution in [0.15, 0.2) is 30.3 Å². The Hall–Kier alpha value is -2.01. The standard InChI is InChI=1S/C27H31Cl2NO3/c1-2-3-4-20-15-23(28)21(24(29)16-20)7-5-19-6-8-22-25(17-19)33-18-27(22)10-13-30(14-11-27)12-9-26(31)32/h5-8,15-17H,2-4,9-14,18H2,1H3,(H,31,32). The van der Waals surface area contributed by atoms with Crippen molar-refractivity contribution in [3.63, 3.8) is 0 Å². The van der Waals surface area contributed by atoms with Crippen molar-refractivity contribution >= 4 is 41.3 Å². The van der Waals surface area contributed by atoms with Gasteiger partial charge in [0.2, 0.25) is 0 Å². The number of hydrogen-bond acceptors (Lipinski definition) is 3. The summed E-state index contributed by atoms with van der Waals surface area (Å²) in [6, 6.07) is 10.4.